The summed E-state index contributed by atoms with van der Waals surface area (Å²) in [6, 6.07) is 7.49. The molecule has 2 rings (SSSR count). The SMILES string of the molecule is OCc1cc(-c2ccc(Cl)cc2)c(C(F)(F)F)s1. The average molecular weight is 293 g/mol. The molecule has 0 saturated heterocycles. The van der Waals surface area contributed by atoms with Crippen LogP contribution in [-0.4, -0.2) is 5.11 Å². The Kier molecular flexibility index (Phi) is 3.66. The number of aliphatic hydroxyl groups is 1. The van der Waals surface area contributed by atoms with E-state index in [0.717, 1.165) is 0 Å². The fourth-order valence-corrected chi connectivity index (χ4v) is 2.61. The van der Waals surface area contributed by atoms with Crippen LogP contribution in [0.2, 0.25) is 5.02 Å². The van der Waals surface area contributed by atoms with Gasteiger partial charge in [-0.3, -0.25) is 0 Å². The van der Waals surface area contributed by atoms with Crippen LogP contribution in [0.25, 0.3) is 11.1 Å². The molecule has 0 aliphatic rings. The number of alkyl halides is 3. The first-order valence-electron chi connectivity index (χ1n) is 4.98. The van der Waals surface area contributed by atoms with E-state index in [2.05, 4.69) is 0 Å². The molecule has 1 heterocycles. The monoisotopic (exact) mass is 292 g/mol. The molecule has 0 bridgehead atoms. The van der Waals surface area contributed by atoms with Gasteiger partial charge in [0.1, 0.15) is 4.88 Å². The largest absolute Gasteiger partial charge is 0.426 e. The van der Waals surface area contributed by atoms with Crippen molar-refractivity contribution in [3.05, 3.63) is 45.1 Å². The van der Waals surface area contributed by atoms with Crippen molar-refractivity contribution in [2.24, 2.45) is 0 Å². The lowest BCUT2D eigenvalue weighted by Gasteiger charge is -2.07. The highest BCUT2D eigenvalue weighted by Gasteiger charge is 2.36. The lowest BCUT2D eigenvalue weighted by Crippen LogP contribution is -2.03. The van der Waals surface area contributed by atoms with E-state index in [4.69, 9.17) is 16.7 Å². The number of thiophene rings is 1. The molecule has 1 N–H and O–H groups in total. The van der Waals surface area contributed by atoms with Crippen LogP contribution in [0.4, 0.5) is 13.2 Å². The number of benzene rings is 1. The zero-order valence-corrected chi connectivity index (χ0v) is 10.5. The Morgan fingerprint density at radius 3 is 2.28 bits per heavy atom. The smallest absolute Gasteiger partial charge is 0.391 e. The Balaban J connectivity index is 2.55. The summed E-state index contributed by atoms with van der Waals surface area (Å²) in [6.07, 6.45) is -4.42. The second kappa shape index (κ2) is 4.91. The molecular formula is C12H8ClF3OS. The Labute approximate surface area is 110 Å². The van der Waals surface area contributed by atoms with E-state index in [1.165, 1.54) is 30.3 Å². The number of hydrogen-bond acceptors (Lipinski definition) is 2. The van der Waals surface area contributed by atoms with Crippen molar-refractivity contribution in [3.63, 3.8) is 0 Å². The highest BCUT2D eigenvalue weighted by Crippen LogP contribution is 2.42. The molecule has 0 saturated carbocycles. The molecule has 0 aliphatic heterocycles. The van der Waals surface area contributed by atoms with Crippen LogP contribution in [0.3, 0.4) is 0 Å². The molecule has 1 aromatic heterocycles. The van der Waals surface area contributed by atoms with Crippen molar-refractivity contribution in [2.75, 3.05) is 0 Å². The first-order chi connectivity index (χ1) is 8.41. The third kappa shape index (κ3) is 2.68. The van der Waals surface area contributed by atoms with Crippen molar-refractivity contribution in [1.29, 1.82) is 0 Å². The van der Waals surface area contributed by atoms with E-state index in [9.17, 15) is 13.2 Å². The minimum Gasteiger partial charge on any atom is -0.391 e. The standard InChI is InChI=1S/C12H8ClF3OS/c13-8-3-1-7(2-4-8)10-5-9(6-17)18-11(10)12(14,15)16/h1-5,17H,6H2. The van der Waals surface area contributed by atoms with Gasteiger partial charge >= 0.3 is 6.18 Å². The third-order valence-electron chi connectivity index (χ3n) is 2.35. The molecule has 0 aliphatic carbocycles. The van der Waals surface area contributed by atoms with Crippen molar-refractivity contribution >= 4 is 22.9 Å². The summed E-state index contributed by atoms with van der Waals surface area (Å²) in [5.74, 6) is 0. The van der Waals surface area contributed by atoms with Crippen LogP contribution >= 0.6 is 22.9 Å². The summed E-state index contributed by atoms with van der Waals surface area (Å²) >= 11 is 6.26. The summed E-state index contributed by atoms with van der Waals surface area (Å²) in [4.78, 5) is -0.416. The number of rotatable bonds is 2. The Morgan fingerprint density at radius 2 is 1.78 bits per heavy atom. The van der Waals surface area contributed by atoms with Crippen molar-refractivity contribution in [3.8, 4) is 11.1 Å². The lowest BCUT2D eigenvalue weighted by atomic mass is 10.1. The van der Waals surface area contributed by atoms with Gasteiger partial charge in [0.05, 0.1) is 6.61 Å². The molecule has 0 amide bonds. The fourth-order valence-electron chi connectivity index (χ4n) is 1.57. The van der Waals surface area contributed by atoms with E-state index >= 15 is 0 Å². The highest BCUT2D eigenvalue weighted by atomic mass is 35.5. The van der Waals surface area contributed by atoms with Crippen LogP contribution in [0.5, 0.6) is 0 Å². The Hall–Kier alpha value is -1.04. The first-order valence-corrected chi connectivity index (χ1v) is 6.18. The Morgan fingerprint density at radius 1 is 1.17 bits per heavy atom. The molecule has 0 radical (unpaired) electrons. The molecule has 6 heteroatoms. The van der Waals surface area contributed by atoms with Gasteiger partial charge < -0.3 is 5.11 Å². The third-order valence-corrected chi connectivity index (χ3v) is 3.77. The van der Waals surface area contributed by atoms with Gasteiger partial charge in [0, 0.05) is 15.5 Å². The van der Waals surface area contributed by atoms with Crippen LogP contribution < -0.4 is 0 Å². The maximum absolute atomic E-state index is 12.9. The molecule has 1 aromatic carbocycles. The van der Waals surface area contributed by atoms with Gasteiger partial charge in [-0.25, -0.2) is 0 Å². The molecule has 1 nitrogen and oxygen atoms in total. The minimum atomic E-state index is -4.42. The second-order valence-corrected chi connectivity index (χ2v) is 5.19. The van der Waals surface area contributed by atoms with Gasteiger partial charge in [0.25, 0.3) is 0 Å². The fraction of sp³-hybridized carbons (Fsp3) is 0.167. The highest BCUT2D eigenvalue weighted by molar-refractivity contribution is 7.12. The van der Waals surface area contributed by atoms with E-state index in [1.54, 1.807) is 0 Å². The number of hydrogen-bond donors (Lipinski definition) is 1. The second-order valence-electron chi connectivity index (χ2n) is 3.62. The van der Waals surface area contributed by atoms with Crippen LogP contribution in [0.15, 0.2) is 30.3 Å². The van der Waals surface area contributed by atoms with Gasteiger partial charge in [0.2, 0.25) is 0 Å². The minimum absolute atomic E-state index is 0.0771. The van der Waals surface area contributed by atoms with Crippen LogP contribution in [0.1, 0.15) is 9.75 Å². The van der Waals surface area contributed by atoms with Gasteiger partial charge in [-0.05, 0) is 23.8 Å². The van der Waals surface area contributed by atoms with E-state index in [-0.39, 0.29) is 10.4 Å². The molecular weight excluding hydrogens is 285 g/mol. The molecule has 0 atom stereocenters. The topological polar surface area (TPSA) is 20.2 Å². The van der Waals surface area contributed by atoms with Crippen molar-refractivity contribution in [2.45, 2.75) is 12.8 Å². The zero-order chi connectivity index (χ0) is 13.3. The van der Waals surface area contributed by atoms with Gasteiger partial charge in [-0.2, -0.15) is 13.2 Å². The molecule has 0 fully saturated rings. The van der Waals surface area contributed by atoms with E-state index in [0.29, 0.717) is 21.9 Å². The average Bonchev–Trinajstić information content (AvgIpc) is 2.74. The normalized spacial score (nSPS) is 11.8. The summed E-state index contributed by atoms with van der Waals surface area (Å²) in [5, 5.41) is 9.42. The molecule has 96 valence electrons. The maximum atomic E-state index is 12.9. The zero-order valence-electron chi connectivity index (χ0n) is 8.96. The van der Waals surface area contributed by atoms with Crippen molar-refractivity contribution < 1.29 is 18.3 Å². The number of halogens is 4. The maximum Gasteiger partial charge on any atom is 0.426 e. The summed E-state index contributed by atoms with van der Waals surface area (Å²) in [6.45, 7) is -0.401. The van der Waals surface area contributed by atoms with E-state index in [1.807, 2.05) is 0 Å². The van der Waals surface area contributed by atoms with Gasteiger partial charge in [-0.15, -0.1) is 11.3 Å². The predicted molar refractivity (Wildman–Crippen MR) is 65.7 cm³/mol. The van der Waals surface area contributed by atoms with E-state index < -0.39 is 17.7 Å². The van der Waals surface area contributed by atoms with Gasteiger partial charge in [-0.1, -0.05) is 23.7 Å². The first kappa shape index (κ1) is 13.4. The lowest BCUT2D eigenvalue weighted by molar-refractivity contribution is -0.133. The quantitative estimate of drug-likeness (QED) is 0.859. The summed E-state index contributed by atoms with van der Waals surface area (Å²) in [5.41, 5.74) is 0.510. The summed E-state index contributed by atoms with van der Waals surface area (Å²) in [7, 11) is 0. The predicted octanol–water partition coefficient (Wildman–Crippen LogP) is 4.58. The van der Waals surface area contributed by atoms with Gasteiger partial charge in [0.15, 0.2) is 0 Å². The molecule has 18 heavy (non-hydrogen) atoms. The Bertz CT molecular complexity index is 545. The number of aliphatic hydroxyl groups excluding tert-OH is 1. The van der Waals surface area contributed by atoms with Crippen LogP contribution in [-0.2, 0) is 12.8 Å². The molecule has 0 unspecified atom stereocenters. The van der Waals surface area contributed by atoms with Crippen molar-refractivity contribution in [1.82, 2.24) is 0 Å². The molecule has 0 spiro atoms. The summed E-state index contributed by atoms with van der Waals surface area (Å²) < 4.78 is 38.6. The van der Waals surface area contributed by atoms with Crippen LogP contribution in [0, 0.1) is 0 Å². The molecule has 2 aromatic rings.